The SMILES string of the molecule is CCOC(C)C=Cc1ccc2[nH][c]nc2c1. The summed E-state index contributed by atoms with van der Waals surface area (Å²) >= 11 is 0. The molecule has 2 aromatic rings. The van der Waals surface area contributed by atoms with Crippen molar-refractivity contribution in [3.05, 3.63) is 36.2 Å². The molecule has 1 unspecified atom stereocenters. The maximum absolute atomic E-state index is 5.42. The number of hydrogen-bond acceptors (Lipinski definition) is 2. The normalized spacial score (nSPS) is 13.6. The van der Waals surface area contributed by atoms with Gasteiger partial charge in [0.25, 0.3) is 0 Å². The molecule has 0 aliphatic rings. The lowest BCUT2D eigenvalue weighted by Gasteiger charge is -2.04. The van der Waals surface area contributed by atoms with Crippen LogP contribution in [0.15, 0.2) is 24.3 Å². The van der Waals surface area contributed by atoms with E-state index in [0.29, 0.717) is 0 Å². The van der Waals surface area contributed by atoms with Crippen molar-refractivity contribution in [3.8, 4) is 0 Å². The first-order chi connectivity index (χ1) is 7.79. The number of aromatic amines is 1. The van der Waals surface area contributed by atoms with Gasteiger partial charge in [-0.1, -0.05) is 18.2 Å². The van der Waals surface area contributed by atoms with Crippen molar-refractivity contribution in [1.82, 2.24) is 9.97 Å². The lowest BCUT2D eigenvalue weighted by Crippen LogP contribution is -2.02. The second-order valence-corrected chi connectivity index (χ2v) is 3.64. The summed E-state index contributed by atoms with van der Waals surface area (Å²) in [5.41, 5.74) is 3.07. The second kappa shape index (κ2) is 4.94. The number of nitrogens with one attached hydrogen (secondary N) is 1. The van der Waals surface area contributed by atoms with Crippen LogP contribution in [0.5, 0.6) is 0 Å². The highest BCUT2D eigenvalue weighted by Gasteiger charge is 1.97. The monoisotopic (exact) mass is 215 g/mol. The Labute approximate surface area is 95.2 Å². The molecule has 1 atom stereocenters. The van der Waals surface area contributed by atoms with E-state index >= 15 is 0 Å². The first kappa shape index (κ1) is 10.9. The Morgan fingerprint density at radius 1 is 1.56 bits per heavy atom. The average molecular weight is 215 g/mol. The second-order valence-electron chi connectivity index (χ2n) is 3.64. The number of H-pyrrole nitrogens is 1. The molecule has 0 saturated carbocycles. The van der Waals surface area contributed by atoms with E-state index in [4.69, 9.17) is 4.74 Å². The smallest absolute Gasteiger partial charge is 0.174 e. The molecule has 0 spiro atoms. The maximum Gasteiger partial charge on any atom is 0.174 e. The van der Waals surface area contributed by atoms with E-state index in [-0.39, 0.29) is 6.10 Å². The lowest BCUT2D eigenvalue weighted by atomic mass is 10.1. The Balaban J connectivity index is 2.14. The van der Waals surface area contributed by atoms with Crippen LogP contribution in [0.1, 0.15) is 19.4 Å². The van der Waals surface area contributed by atoms with Gasteiger partial charge in [0.2, 0.25) is 0 Å². The maximum atomic E-state index is 5.42. The summed E-state index contributed by atoms with van der Waals surface area (Å²) in [5.74, 6) is 0. The Bertz CT molecular complexity index is 487. The summed E-state index contributed by atoms with van der Waals surface area (Å²) in [6, 6.07) is 6.07. The number of hydrogen-bond donors (Lipinski definition) is 1. The van der Waals surface area contributed by atoms with Crippen LogP contribution in [0.2, 0.25) is 0 Å². The first-order valence-electron chi connectivity index (χ1n) is 5.45. The fourth-order valence-corrected chi connectivity index (χ4v) is 1.56. The number of imidazole rings is 1. The molecule has 1 radical (unpaired) electrons. The molecule has 2 rings (SSSR count). The molecule has 1 aromatic carbocycles. The summed E-state index contributed by atoms with van der Waals surface area (Å²) in [4.78, 5) is 7.04. The molecule has 0 amide bonds. The van der Waals surface area contributed by atoms with Crippen LogP contribution in [-0.2, 0) is 4.74 Å². The quantitative estimate of drug-likeness (QED) is 0.851. The zero-order valence-electron chi connectivity index (χ0n) is 9.53. The molecule has 1 N–H and O–H groups in total. The minimum absolute atomic E-state index is 0.145. The number of aromatic nitrogens is 2. The van der Waals surface area contributed by atoms with E-state index < -0.39 is 0 Å². The van der Waals surface area contributed by atoms with Crippen LogP contribution in [0.3, 0.4) is 0 Å². The minimum atomic E-state index is 0.145. The number of ether oxygens (including phenoxy) is 1. The molecule has 1 aromatic heterocycles. The Morgan fingerprint density at radius 2 is 2.44 bits per heavy atom. The van der Waals surface area contributed by atoms with Gasteiger partial charge in [-0.05, 0) is 31.5 Å². The van der Waals surface area contributed by atoms with Gasteiger partial charge in [0, 0.05) is 6.61 Å². The summed E-state index contributed by atoms with van der Waals surface area (Å²) in [6.45, 7) is 4.76. The summed E-state index contributed by atoms with van der Waals surface area (Å²) in [5, 5.41) is 0. The molecule has 0 aliphatic carbocycles. The van der Waals surface area contributed by atoms with Crippen molar-refractivity contribution in [3.63, 3.8) is 0 Å². The summed E-state index contributed by atoms with van der Waals surface area (Å²) < 4.78 is 5.42. The predicted molar refractivity (Wildman–Crippen MR) is 65.1 cm³/mol. The molecular weight excluding hydrogens is 200 g/mol. The van der Waals surface area contributed by atoms with Gasteiger partial charge in [-0.2, -0.15) is 0 Å². The van der Waals surface area contributed by atoms with Gasteiger partial charge in [-0.25, -0.2) is 4.98 Å². The van der Waals surface area contributed by atoms with Crippen molar-refractivity contribution in [2.75, 3.05) is 6.61 Å². The Hall–Kier alpha value is -1.61. The molecule has 83 valence electrons. The van der Waals surface area contributed by atoms with Crippen LogP contribution in [0.4, 0.5) is 0 Å². The highest BCUT2D eigenvalue weighted by molar-refractivity contribution is 5.77. The van der Waals surface area contributed by atoms with E-state index in [1.165, 1.54) is 0 Å². The van der Waals surface area contributed by atoms with E-state index in [2.05, 4.69) is 22.4 Å². The van der Waals surface area contributed by atoms with E-state index in [0.717, 1.165) is 23.2 Å². The number of benzene rings is 1. The zero-order valence-corrected chi connectivity index (χ0v) is 9.53. The highest BCUT2D eigenvalue weighted by Crippen LogP contribution is 2.13. The zero-order chi connectivity index (χ0) is 11.4. The molecule has 0 fully saturated rings. The third-order valence-electron chi connectivity index (χ3n) is 2.38. The Morgan fingerprint density at radius 3 is 3.25 bits per heavy atom. The third kappa shape index (κ3) is 2.49. The van der Waals surface area contributed by atoms with Gasteiger partial charge in [-0.3, -0.25) is 0 Å². The number of rotatable bonds is 4. The van der Waals surface area contributed by atoms with Crippen LogP contribution in [0.25, 0.3) is 17.1 Å². The molecule has 0 bridgehead atoms. The van der Waals surface area contributed by atoms with Crippen LogP contribution in [0, 0.1) is 6.33 Å². The van der Waals surface area contributed by atoms with Crippen LogP contribution >= 0.6 is 0 Å². The van der Waals surface area contributed by atoms with Crippen molar-refractivity contribution >= 4 is 17.1 Å². The molecule has 1 heterocycles. The van der Waals surface area contributed by atoms with E-state index in [9.17, 15) is 0 Å². The Kier molecular flexibility index (Phi) is 3.37. The van der Waals surface area contributed by atoms with E-state index in [1.807, 2.05) is 38.1 Å². The fourth-order valence-electron chi connectivity index (χ4n) is 1.56. The van der Waals surface area contributed by atoms with Gasteiger partial charge in [0.1, 0.15) is 0 Å². The molecule has 3 nitrogen and oxygen atoms in total. The molecule has 0 saturated heterocycles. The highest BCUT2D eigenvalue weighted by atomic mass is 16.5. The summed E-state index contributed by atoms with van der Waals surface area (Å²) in [6.07, 6.45) is 6.96. The van der Waals surface area contributed by atoms with Crippen molar-refractivity contribution in [1.29, 1.82) is 0 Å². The van der Waals surface area contributed by atoms with Gasteiger partial charge in [-0.15, -0.1) is 0 Å². The lowest BCUT2D eigenvalue weighted by molar-refractivity contribution is 0.110. The van der Waals surface area contributed by atoms with Gasteiger partial charge in [0.05, 0.1) is 17.1 Å². The van der Waals surface area contributed by atoms with Crippen LogP contribution in [-0.4, -0.2) is 22.7 Å². The van der Waals surface area contributed by atoms with Gasteiger partial charge < -0.3 is 9.72 Å². The van der Waals surface area contributed by atoms with Crippen molar-refractivity contribution in [2.24, 2.45) is 0 Å². The first-order valence-corrected chi connectivity index (χ1v) is 5.45. The molecular formula is C13H15N2O. The van der Waals surface area contributed by atoms with Gasteiger partial charge >= 0.3 is 0 Å². The molecule has 0 aliphatic heterocycles. The van der Waals surface area contributed by atoms with Crippen molar-refractivity contribution in [2.45, 2.75) is 20.0 Å². The van der Waals surface area contributed by atoms with E-state index in [1.54, 1.807) is 0 Å². The largest absolute Gasteiger partial charge is 0.375 e. The van der Waals surface area contributed by atoms with Crippen molar-refractivity contribution < 1.29 is 4.74 Å². The fraction of sp³-hybridized carbons (Fsp3) is 0.308. The number of fused-ring (bicyclic) bond motifs is 1. The summed E-state index contributed by atoms with van der Waals surface area (Å²) in [7, 11) is 0. The minimum Gasteiger partial charge on any atom is -0.375 e. The molecule has 3 heteroatoms. The van der Waals surface area contributed by atoms with Gasteiger partial charge in [0.15, 0.2) is 6.33 Å². The number of nitrogens with zero attached hydrogens (tertiary/aromatic N) is 1. The third-order valence-corrected chi connectivity index (χ3v) is 2.38. The molecule has 16 heavy (non-hydrogen) atoms. The predicted octanol–water partition coefficient (Wildman–Crippen LogP) is 2.80. The topological polar surface area (TPSA) is 37.9 Å². The standard InChI is InChI=1S/C13H15N2O/c1-3-16-10(2)4-5-11-6-7-12-13(8-11)15-9-14-12/h4-8,10H,3H2,1-2H3,(H,14,15). The van der Waals surface area contributed by atoms with Crippen LogP contribution < -0.4 is 0 Å². The average Bonchev–Trinajstić information content (AvgIpc) is 2.74.